The lowest BCUT2D eigenvalue weighted by molar-refractivity contribution is -0.384. The van der Waals surface area contributed by atoms with Crippen molar-refractivity contribution in [3.05, 3.63) is 50.3 Å². The van der Waals surface area contributed by atoms with Gasteiger partial charge in [0.15, 0.2) is 0 Å². The van der Waals surface area contributed by atoms with E-state index in [1.54, 1.807) is 4.68 Å². The average molecular weight is 337 g/mol. The Bertz CT molecular complexity index is 770. The van der Waals surface area contributed by atoms with Gasteiger partial charge >= 0.3 is 0 Å². The van der Waals surface area contributed by atoms with Crippen LogP contribution < -0.4 is 5.32 Å². The molecule has 0 saturated carbocycles. The molecule has 1 aromatic heterocycles. The molecule has 0 aliphatic heterocycles. The number of hydrogen-bond acceptors (Lipinski definition) is 4. The van der Waals surface area contributed by atoms with Crippen molar-refractivity contribution in [1.29, 1.82) is 0 Å². The lowest BCUT2D eigenvalue weighted by Crippen LogP contribution is -2.13. The van der Waals surface area contributed by atoms with Gasteiger partial charge in [0.25, 0.3) is 5.69 Å². The topological polar surface area (TPSA) is 90.1 Å². The van der Waals surface area contributed by atoms with Crippen LogP contribution in [0.4, 0.5) is 11.4 Å². The van der Waals surface area contributed by atoms with E-state index < -0.39 is 4.92 Å². The molecule has 0 spiro atoms. The normalized spacial score (nSPS) is 10.6. The molecule has 1 aromatic carbocycles. The van der Waals surface area contributed by atoms with Crippen molar-refractivity contribution in [2.75, 3.05) is 5.32 Å². The first-order valence-electron chi connectivity index (χ1n) is 7.02. The van der Waals surface area contributed by atoms with Crippen LogP contribution in [0.2, 0.25) is 5.02 Å². The fourth-order valence-corrected chi connectivity index (χ4v) is 2.56. The quantitative estimate of drug-likeness (QED) is 0.670. The Morgan fingerprint density at radius 3 is 2.70 bits per heavy atom. The maximum atomic E-state index is 12.0. The maximum Gasteiger partial charge on any atom is 0.289 e. The van der Waals surface area contributed by atoms with Gasteiger partial charge in [0.2, 0.25) is 5.91 Å². The number of carbonyl (C=O) groups is 1. The summed E-state index contributed by atoms with van der Waals surface area (Å²) in [5, 5.41) is 17.8. The van der Waals surface area contributed by atoms with Gasteiger partial charge in [-0.05, 0) is 38.0 Å². The van der Waals surface area contributed by atoms with Crippen molar-refractivity contribution in [3.8, 4) is 0 Å². The fourth-order valence-electron chi connectivity index (χ4n) is 2.37. The first-order chi connectivity index (χ1) is 10.8. The number of nitro groups is 1. The van der Waals surface area contributed by atoms with E-state index in [0.717, 1.165) is 17.0 Å². The molecule has 8 heteroatoms. The molecule has 0 aliphatic rings. The number of nitrogens with zero attached hydrogens (tertiary/aromatic N) is 3. The van der Waals surface area contributed by atoms with Gasteiger partial charge in [-0.25, -0.2) is 0 Å². The van der Waals surface area contributed by atoms with Crippen molar-refractivity contribution >= 4 is 28.9 Å². The average Bonchev–Trinajstić information content (AvgIpc) is 2.72. The molecule has 2 rings (SSSR count). The van der Waals surface area contributed by atoms with E-state index >= 15 is 0 Å². The fraction of sp³-hybridized carbons (Fsp3) is 0.333. The van der Waals surface area contributed by atoms with E-state index in [4.69, 9.17) is 11.6 Å². The van der Waals surface area contributed by atoms with E-state index in [9.17, 15) is 14.9 Å². The lowest BCUT2D eigenvalue weighted by Gasteiger charge is -2.06. The van der Waals surface area contributed by atoms with Gasteiger partial charge in [-0.3, -0.25) is 19.6 Å². The molecular formula is C15H17ClN4O3. The van der Waals surface area contributed by atoms with Crippen LogP contribution >= 0.6 is 11.6 Å². The number of nitrogens with one attached hydrogen (secondary N) is 1. The number of anilines is 1. The number of nitro benzene ring substituents is 1. The van der Waals surface area contributed by atoms with Crippen molar-refractivity contribution in [2.24, 2.45) is 7.05 Å². The molecule has 23 heavy (non-hydrogen) atoms. The van der Waals surface area contributed by atoms with Gasteiger partial charge in [0.1, 0.15) is 5.02 Å². The number of hydrogen-bond donors (Lipinski definition) is 1. The third kappa shape index (κ3) is 3.87. The Morgan fingerprint density at radius 2 is 2.13 bits per heavy atom. The van der Waals surface area contributed by atoms with Crippen LogP contribution in [0.3, 0.4) is 0 Å². The van der Waals surface area contributed by atoms with Crippen LogP contribution in [0, 0.1) is 24.0 Å². The summed E-state index contributed by atoms with van der Waals surface area (Å²) < 4.78 is 1.78. The number of benzene rings is 1. The Labute approximate surface area is 138 Å². The highest BCUT2D eigenvalue weighted by Crippen LogP contribution is 2.27. The summed E-state index contributed by atoms with van der Waals surface area (Å²) in [4.78, 5) is 22.3. The molecule has 1 amide bonds. The van der Waals surface area contributed by atoms with Gasteiger partial charge < -0.3 is 5.32 Å². The van der Waals surface area contributed by atoms with E-state index in [0.29, 0.717) is 12.1 Å². The zero-order chi connectivity index (χ0) is 17.1. The van der Waals surface area contributed by atoms with Crippen LogP contribution in [-0.2, 0) is 18.3 Å². The Hall–Kier alpha value is -2.41. The molecule has 2 aromatic rings. The second-order valence-corrected chi connectivity index (χ2v) is 5.65. The summed E-state index contributed by atoms with van der Waals surface area (Å²) >= 11 is 5.74. The van der Waals surface area contributed by atoms with Crippen LogP contribution in [0.1, 0.15) is 23.4 Å². The van der Waals surface area contributed by atoms with E-state index in [1.165, 1.54) is 18.2 Å². The molecule has 0 unspecified atom stereocenters. The Kier molecular flexibility index (Phi) is 5.00. The van der Waals surface area contributed by atoms with Crippen molar-refractivity contribution < 1.29 is 9.72 Å². The molecule has 0 aliphatic carbocycles. The second-order valence-electron chi connectivity index (χ2n) is 5.24. The molecule has 122 valence electrons. The molecule has 1 N–H and O–H groups in total. The SMILES string of the molecule is Cc1nn(C)c(C)c1CCC(=O)Nc1ccc(Cl)c([N+](=O)[O-])c1. The van der Waals surface area contributed by atoms with Gasteiger partial charge in [0.05, 0.1) is 10.6 Å². The Morgan fingerprint density at radius 1 is 1.43 bits per heavy atom. The highest BCUT2D eigenvalue weighted by Gasteiger charge is 2.15. The maximum absolute atomic E-state index is 12.0. The summed E-state index contributed by atoms with van der Waals surface area (Å²) in [5.41, 5.74) is 3.09. The molecule has 0 fully saturated rings. The molecule has 0 atom stereocenters. The smallest absolute Gasteiger partial charge is 0.289 e. The molecule has 1 heterocycles. The van der Waals surface area contributed by atoms with Crippen LogP contribution in [0.5, 0.6) is 0 Å². The molecule has 7 nitrogen and oxygen atoms in total. The predicted octanol–water partition coefficient (Wildman–Crippen LogP) is 3.17. The Balaban J connectivity index is 2.03. The third-order valence-corrected chi connectivity index (χ3v) is 4.01. The molecule has 0 saturated heterocycles. The van der Waals surface area contributed by atoms with Crippen molar-refractivity contribution in [1.82, 2.24) is 9.78 Å². The van der Waals surface area contributed by atoms with Crippen molar-refractivity contribution in [3.63, 3.8) is 0 Å². The number of amides is 1. The van der Waals surface area contributed by atoms with Crippen LogP contribution in [0.15, 0.2) is 18.2 Å². The minimum absolute atomic E-state index is 0.0367. The van der Waals surface area contributed by atoms with Gasteiger partial charge in [0, 0.05) is 30.9 Å². The number of aryl methyl sites for hydroxylation is 2. The van der Waals surface area contributed by atoms with E-state index in [2.05, 4.69) is 10.4 Å². The predicted molar refractivity (Wildman–Crippen MR) is 87.7 cm³/mol. The summed E-state index contributed by atoms with van der Waals surface area (Å²) in [6, 6.07) is 4.18. The van der Waals surface area contributed by atoms with Gasteiger partial charge in [-0.2, -0.15) is 5.10 Å². The second kappa shape index (κ2) is 6.78. The van der Waals surface area contributed by atoms with Gasteiger partial charge in [-0.1, -0.05) is 11.6 Å². The highest BCUT2D eigenvalue weighted by atomic mass is 35.5. The zero-order valence-electron chi connectivity index (χ0n) is 13.1. The summed E-state index contributed by atoms with van der Waals surface area (Å²) in [5.74, 6) is -0.218. The van der Waals surface area contributed by atoms with E-state index in [-0.39, 0.29) is 23.0 Å². The van der Waals surface area contributed by atoms with E-state index in [1.807, 2.05) is 20.9 Å². The summed E-state index contributed by atoms with van der Waals surface area (Å²) in [6.45, 7) is 3.86. The minimum Gasteiger partial charge on any atom is -0.326 e. The molecule has 0 bridgehead atoms. The monoisotopic (exact) mass is 336 g/mol. The minimum atomic E-state index is -0.583. The number of carbonyl (C=O) groups excluding carboxylic acids is 1. The number of halogens is 1. The van der Waals surface area contributed by atoms with Crippen LogP contribution in [-0.4, -0.2) is 20.6 Å². The van der Waals surface area contributed by atoms with Gasteiger partial charge in [-0.15, -0.1) is 0 Å². The number of rotatable bonds is 5. The molecule has 0 radical (unpaired) electrons. The summed E-state index contributed by atoms with van der Waals surface area (Å²) in [6.07, 6.45) is 0.830. The third-order valence-electron chi connectivity index (χ3n) is 3.69. The highest BCUT2D eigenvalue weighted by molar-refractivity contribution is 6.32. The standard InChI is InChI=1S/C15H17ClN4O3/c1-9-12(10(2)19(3)18-9)5-7-15(21)17-11-4-6-13(16)14(8-11)20(22)23/h4,6,8H,5,7H2,1-3H3,(H,17,21). The first kappa shape index (κ1) is 17.0. The molecular weight excluding hydrogens is 320 g/mol. The lowest BCUT2D eigenvalue weighted by atomic mass is 10.1. The zero-order valence-corrected chi connectivity index (χ0v) is 13.8. The number of aromatic nitrogens is 2. The largest absolute Gasteiger partial charge is 0.326 e. The summed E-state index contributed by atoms with van der Waals surface area (Å²) in [7, 11) is 1.86. The van der Waals surface area contributed by atoms with Crippen molar-refractivity contribution in [2.45, 2.75) is 26.7 Å². The van der Waals surface area contributed by atoms with Crippen LogP contribution in [0.25, 0.3) is 0 Å². The first-order valence-corrected chi connectivity index (χ1v) is 7.40.